The molecule has 0 radical (unpaired) electrons. The first-order chi connectivity index (χ1) is 13.2. The number of nitrogens with zero attached hydrogens (tertiary/aromatic N) is 1. The van der Waals surface area contributed by atoms with Crippen molar-refractivity contribution < 1.29 is 19.1 Å². The molecular weight excluding hydrogens is 358 g/mol. The Morgan fingerprint density at radius 1 is 1.11 bits per heavy atom. The number of hydrogen-bond donors (Lipinski definition) is 2. The van der Waals surface area contributed by atoms with Gasteiger partial charge in [0.2, 0.25) is 0 Å². The summed E-state index contributed by atoms with van der Waals surface area (Å²) in [7, 11) is 0. The van der Waals surface area contributed by atoms with Crippen LogP contribution in [-0.4, -0.2) is 35.8 Å². The standard InChI is InChI=1S/C21H27N3O4/c1-7-27-21(26)19-14(4)20(22-15(19)5)16(6)23-24-18(25)11-28-17-9-12(2)8-13(3)10-17/h8-10,22H,7,11H2,1-6H3,(H,24,25)/b23-16+. The van der Waals surface area contributed by atoms with Gasteiger partial charge in [-0.05, 0) is 70.4 Å². The number of hydrogen-bond acceptors (Lipinski definition) is 5. The molecule has 1 heterocycles. The van der Waals surface area contributed by atoms with Gasteiger partial charge in [0.05, 0.1) is 23.6 Å². The molecule has 0 atom stereocenters. The summed E-state index contributed by atoms with van der Waals surface area (Å²) in [6.45, 7) is 11.2. The predicted octanol–water partition coefficient (Wildman–Crippen LogP) is 3.34. The van der Waals surface area contributed by atoms with Crippen LogP contribution in [0.3, 0.4) is 0 Å². The third-order valence-corrected chi connectivity index (χ3v) is 4.19. The summed E-state index contributed by atoms with van der Waals surface area (Å²) in [5.74, 6) is -0.105. The van der Waals surface area contributed by atoms with E-state index in [4.69, 9.17) is 9.47 Å². The number of benzene rings is 1. The Hall–Kier alpha value is -3.09. The highest BCUT2D eigenvalue weighted by atomic mass is 16.5. The summed E-state index contributed by atoms with van der Waals surface area (Å²) in [6.07, 6.45) is 0. The Labute approximate surface area is 165 Å². The molecule has 1 aromatic carbocycles. The van der Waals surface area contributed by atoms with Crippen LogP contribution in [0.2, 0.25) is 0 Å². The molecule has 2 aromatic rings. The molecule has 0 fully saturated rings. The first kappa shape index (κ1) is 21.2. The number of amides is 1. The molecular formula is C21H27N3O4. The Bertz CT molecular complexity index is 892. The molecule has 0 bridgehead atoms. The fourth-order valence-electron chi connectivity index (χ4n) is 3.02. The molecule has 28 heavy (non-hydrogen) atoms. The van der Waals surface area contributed by atoms with Crippen LogP contribution in [0.5, 0.6) is 5.75 Å². The Balaban J connectivity index is 2.02. The van der Waals surface area contributed by atoms with Crippen molar-refractivity contribution in [2.45, 2.75) is 41.5 Å². The number of aromatic nitrogens is 1. The zero-order valence-corrected chi connectivity index (χ0v) is 17.2. The topological polar surface area (TPSA) is 92.8 Å². The Morgan fingerprint density at radius 2 is 1.75 bits per heavy atom. The second-order valence-electron chi connectivity index (χ2n) is 6.69. The molecule has 1 amide bonds. The van der Waals surface area contributed by atoms with Crippen molar-refractivity contribution in [2.75, 3.05) is 13.2 Å². The fourth-order valence-corrected chi connectivity index (χ4v) is 3.02. The Morgan fingerprint density at radius 3 is 2.36 bits per heavy atom. The van der Waals surface area contributed by atoms with Crippen molar-refractivity contribution in [3.05, 3.63) is 51.8 Å². The summed E-state index contributed by atoms with van der Waals surface area (Å²) < 4.78 is 10.6. The van der Waals surface area contributed by atoms with Crippen molar-refractivity contribution >= 4 is 17.6 Å². The van der Waals surface area contributed by atoms with Crippen LogP contribution < -0.4 is 10.2 Å². The van der Waals surface area contributed by atoms with Gasteiger partial charge in [0.1, 0.15) is 5.75 Å². The predicted molar refractivity (Wildman–Crippen MR) is 108 cm³/mol. The molecule has 0 saturated heterocycles. The lowest BCUT2D eigenvalue weighted by Crippen LogP contribution is -2.25. The molecule has 0 unspecified atom stereocenters. The highest BCUT2D eigenvalue weighted by molar-refractivity contribution is 6.03. The van der Waals surface area contributed by atoms with E-state index in [-0.39, 0.29) is 18.5 Å². The van der Waals surface area contributed by atoms with E-state index < -0.39 is 0 Å². The smallest absolute Gasteiger partial charge is 0.340 e. The largest absolute Gasteiger partial charge is 0.484 e. The van der Waals surface area contributed by atoms with E-state index in [2.05, 4.69) is 15.5 Å². The summed E-state index contributed by atoms with van der Waals surface area (Å²) in [6, 6.07) is 5.78. The molecule has 0 spiro atoms. The van der Waals surface area contributed by atoms with E-state index >= 15 is 0 Å². The first-order valence-corrected chi connectivity index (χ1v) is 9.13. The van der Waals surface area contributed by atoms with Gasteiger partial charge >= 0.3 is 5.97 Å². The lowest BCUT2D eigenvalue weighted by molar-refractivity contribution is -0.123. The van der Waals surface area contributed by atoms with Crippen LogP contribution in [0.15, 0.2) is 23.3 Å². The SMILES string of the molecule is CCOC(=O)c1c(C)[nH]c(/C(C)=N/NC(=O)COc2cc(C)cc(C)c2)c1C. The average Bonchev–Trinajstić information content (AvgIpc) is 2.91. The number of carbonyl (C=O) groups is 2. The van der Waals surface area contributed by atoms with Crippen LogP contribution in [-0.2, 0) is 9.53 Å². The normalized spacial score (nSPS) is 11.3. The number of rotatable bonds is 7. The number of aryl methyl sites for hydroxylation is 3. The van der Waals surface area contributed by atoms with Gasteiger partial charge in [0.15, 0.2) is 6.61 Å². The van der Waals surface area contributed by atoms with Crippen LogP contribution in [0.1, 0.15) is 52.3 Å². The summed E-state index contributed by atoms with van der Waals surface area (Å²) in [4.78, 5) is 27.3. The molecule has 150 valence electrons. The number of H-pyrrole nitrogens is 1. The minimum Gasteiger partial charge on any atom is -0.484 e. The first-order valence-electron chi connectivity index (χ1n) is 9.13. The van der Waals surface area contributed by atoms with Crippen LogP contribution in [0.25, 0.3) is 0 Å². The molecule has 7 nitrogen and oxygen atoms in total. The van der Waals surface area contributed by atoms with Gasteiger partial charge in [0.25, 0.3) is 5.91 Å². The van der Waals surface area contributed by atoms with E-state index in [0.29, 0.717) is 35.0 Å². The third kappa shape index (κ3) is 5.22. The van der Waals surface area contributed by atoms with Gasteiger partial charge in [-0.3, -0.25) is 4.79 Å². The zero-order chi connectivity index (χ0) is 20.8. The highest BCUT2D eigenvalue weighted by Crippen LogP contribution is 2.20. The summed E-state index contributed by atoms with van der Waals surface area (Å²) >= 11 is 0. The number of carbonyl (C=O) groups excluding carboxylic acids is 2. The number of nitrogens with one attached hydrogen (secondary N) is 2. The number of hydrazone groups is 1. The lowest BCUT2D eigenvalue weighted by Gasteiger charge is -2.08. The van der Waals surface area contributed by atoms with Gasteiger partial charge in [0, 0.05) is 5.69 Å². The van der Waals surface area contributed by atoms with E-state index in [9.17, 15) is 9.59 Å². The second-order valence-corrected chi connectivity index (χ2v) is 6.69. The minimum absolute atomic E-state index is 0.142. The molecule has 2 N–H and O–H groups in total. The second kappa shape index (κ2) is 9.21. The van der Waals surface area contributed by atoms with Crippen molar-refractivity contribution in [1.29, 1.82) is 0 Å². The van der Waals surface area contributed by atoms with Crippen molar-refractivity contribution in [1.82, 2.24) is 10.4 Å². The average molecular weight is 385 g/mol. The molecule has 0 aliphatic carbocycles. The monoisotopic (exact) mass is 385 g/mol. The van der Waals surface area contributed by atoms with Gasteiger partial charge < -0.3 is 14.5 Å². The van der Waals surface area contributed by atoms with Crippen LogP contribution in [0.4, 0.5) is 0 Å². The quantitative estimate of drug-likeness (QED) is 0.434. The summed E-state index contributed by atoms with van der Waals surface area (Å²) in [5.41, 5.74) is 7.77. The van der Waals surface area contributed by atoms with Crippen molar-refractivity contribution in [3.8, 4) is 5.75 Å². The molecule has 0 aliphatic rings. The fraction of sp³-hybridized carbons (Fsp3) is 0.381. The van der Waals surface area contributed by atoms with Gasteiger partial charge in [-0.15, -0.1) is 0 Å². The van der Waals surface area contributed by atoms with E-state index in [1.807, 2.05) is 39.0 Å². The minimum atomic E-state index is -0.376. The molecule has 1 aromatic heterocycles. The van der Waals surface area contributed by atoms with Crippen LogP contribution >= 0.6 is 0 Å². The maximum atomic E-state index is 12.1. The van der Waals surface area contributed by atoms with Gasteiger partial charge in [-0.2, -0.15) is 5.10 Å². The highest BCUT2D eigenvalue weighted by Gasteiger charge is 2.20. The molecule has 0 aliphatic heterocycles. The van der Waals surface area contributed by atoms with E-state index in [0.717, 1.165) is 16.7 Å². The van der Waals surface area contributed by atoms with Crippen LogP contribution in [0, 0.1) is 27.7 Å². The van der Waals surface area contributed by atoms with Crippen molar-refractivity contribution in [2.24, 2.45) is 5.10 Å². The van der Waals surface area contributed by atoms with E-state index in [1.54, 1.807) is 20.8 Å². The molecule has 7 heteroatoms. The molecule has 0 saturated carbocycles. The van der Waals surface area contributed by atoms with E-state index in [1.165, 1.54) is 0 Å². The van der Waals surface area contributed by atoms with Gasteiger partial charge in [-0.1, -0.05) is 6.07 Å². The Kier molecular flexibility index (Phi) is 6.98. The lowest BCUT2D eigenvalue weighted by atomic mass is 10.1. The number of esters is 1. The third-order valence-electron chi connectivity index (χ3n) is 4.19. The number of ether oxygens (including phenoxy) is 2. The zero-order valence-electron chi connectivity index (χ0n) is 17.2. The van der Waals surface area contributed by atoms with Gasteiger partial charge in [-0.25, -0.2) is 10.2 Å². The molecule has 2 rings (SSSR count). The van der Waals surface area contributed by atoms with Crippen molar-refractivity contribution in [3.63, 3.8) is 0 Å². The maximum absolute atomic E-state index is 12.1. The maximum Gasteiger partial charge on any atom is 0.340 e. The number of aromatic amines is 1. The summed E-state index contributed by atoms with van der Waals surface area (Å²) in [5, 5.41) is 4.12.